The van der Waals surface area contributed by atoms with E-state index in [9.17, 15) is 22.0 Å². The SMILES string of the molecule is O=c1c(Cc2ccc(F)cc2)c(-c2ccc(C[SH](=O)=O)cc2)cnn1-c1ccc(F)cc1. The molecular weight excluding hydrogens is 434 g/mol. The van der Waals surface area contributed by atoms with Crippen molar-refractivity contribution in [1.82, 2.24) is 9.78 Å². The van der Waals surface area contributed by atoms with Crippen molar-refractivity contribution in [2.75, 3.05) is 0 Å². The molecule has 162 valence electrons. The van der Waals surface area contributed by atoms with Gasteiger partial charge in [0.15, 0.2) is 0 Å². The summed E-state index contributed by atoms with van der Waals surface area (Å²) in [6, 6.07) is 18.1. The number of hydrogen-bond acceptors (Lipinski definition) is 4. The van der Waals surface area contributed by atoms with Crippen molar-refractivity contribution in [3.05, 3.63) is 118 Å². The number of hydrogen-bond donors (Lipinski definition) is 1. The number of benzene rings is 3. The van der Waals surface area contributed by atoms with Gasteiger partial charge < -0.3 is 0 Å². The summed E-state index contributed by atoms with van der Waals surface area (Å²) < 4.78 is 49.8. The first kappa shape index (κ1) is 21.6. The van der Waals surface area contributed by atoms with Crippen molar-refractivity contribution < 1.29 is 17.2 Å². The molecule has 0 radical (unpaired) electrons. The van der Waals surface area contributed by atoms with Crippen LogP contribution in [0, 0.1) is 11.6 Å². The number of aromatic nitrogens is 2. The Balaban J connectivity index is 1.83. The molecule has 32 heavy (non-hydrogen) atoms. The Bertz CT molecular complexity index is 1370. The van der Waals surface area contributed by atoms with Crippen LogP contribution in [0.2, 0.25) is 0 Å². The zero-order chi connectivity index (χ0) is 22.7. The maximum atomic E-state index is 13.4. The topological polar surface area (TPSA) is 69.0 Å². The Morgan fingerprint density at radius 2 is 1.34 bits per heavy atom. The van der Waals surface area contributed by atoms with Gasteiger partial charge in [0.25, 0.3) is 5.56 Å². The van der Waals surface area contributed by atoms with Crippen LogP contribution in [0.15, 0.2) is 83.8 Å². The minimum absolute atomic E-state index is 0.0670. The van der Waals surface area contributed by atoms with E-state index < -0.39 is 16.5 Å². The Morgan fingerprint density at radius 1 is 0.781 bits per heavy atom. The highest BCUT2D eigenvalue weighted by Gasteiger charge is 2.15. The van der Waals surface area contributed by atoms with Crippen LogP contribution in [-0.4, -0.2) is 18.2 Å². The summed E-state index contributed by atoms with van der Waals surface area (Å²) in [5, 5.41) is 4.27. The number of nitrogens with zero attached hydrogens (tertiary/aromatic N) is 2. The lowest BCUT2D eigenvalue weighted by Gasteiger charge is -2.13. The third-order valence-electron chi connectivity index (χ3n) is 5.02. The zero-order valence-corrected chi connectivity index (χ0v) is 17.6. The molecule has 0 unspecified atom stereocenters. The van der Waals surface area contributed by atoms with E-state index in [2.05, 4.69) is 5.10 Å². The average Bonchev–Trinajstić information content (AvgIpc) is 2.77. The van der Waals surface area contributed by atoms with Crippen molar-refractivity contribution in [2.45, 2.75) is 12.2 Å². The van der Waals surface area contributed by atoms with E-state index >= 15 is 0 Å². The molecule has 1 heterocycles. The average molecular weight is 452 g/mol. The molecule has 5 nitrogen and oxygen atoms in total. The molecule has 0 bridgehead atoms. The van der Waals surface area contributed by atoms with E-state index in [1.165, 1.54) is 41.1 Å². The molecule has 3 aromatic carbocycles. The molecule has 0 N–H and O–H groups in total. The van der Waals surface area contributed by atoms with Gasteiger partial charge in [-0.1, -0.05) is 36.4 Å². The maximum absolute atomic E-state index is 13.4. The molecule has 0 saturated carbocycles. The normalized spacial score (nSPS) is 11.1. The summed E-state index contributed by atoms with van der Waals surface area (Å²) in [4.78, 5) is 13.4. The zero-order valence-electron chi connectivity index (χ0n) is 16.7. The first-order valence-corrected chi connectivity index (χ1v) is 11.1. The van der Waals surface area contributed by atoms with Crippen molar-refractivity contribution >= 4 is 10.7 Å². The van der Waals surface area contributed by atoms with Gasteiger partial charge in [-0.15, -0.1) is 0 Å². The molecule has 1 aromatic heterocycles. The van der Waals surface area contributed by atoms with Gasteiger partial charge in [-0.3, -0.25) is 4.79 Å². The standard InChI is InChI=1S/C24H18F2N2O3S/c25-19-7-3-16(4-8-19)13-22-23(18-5-1-17(2-6-18)15-32(30)31)14-27-28(24(22)29)21-11-9-20(26)10-12-21/h1-12,14,32H,13,15H2. The predicted molar refractivity (Wildman–Crippen MR) is 118 cm³/mol. The van der Waals surface area contributed by atoms with E-state index in [0.29, 0.717) is 27.9 Å². The highest BCUT2D eigenvalue weighted by Crippen LogP contribution is 2.24. The van der Waals surface area contributed by atoms with E-state index in [4.69, 9.17) is 0 Å². The largest absolute Gasteiger partial charge is 0.275 e. The predicted octanol–water partition coefficient (Wildman–Crippen LogP) is 3.88. The number of halogens is 2. The maximum Gasteiger partial charge on any atom is 0.275 e. The Hall–Kier alpha value is -3.65. The molecular formula is C24H18F2N2O3S. The van der Waals surface area contributed by atoms with Crippen LogP contribution in [0.5, 0.6) is 0 Å². The summed E-state index contributed by atoms with van der Waals surface area (Å²) in [6.07, 6.45) is 1.78. The van der Waals surface area contributed by atoms with E-state index in [0.717, 1.165) is 5.56 Å². The van der Waals surface area contributed by atoms with Crippen molar-refractivity contribution in [1.29, 1.82) is 0 Å². The second-order valence-corrected chi connectivity index (χ2v) is 8.20. The molecule has 0 aliphatic rings. The quantitative estimate of drug-likeness (QED) is 0.451. The fourth-order valence-electron chi connectivity index (χ4n) is 3.42. The lowest BCUT2D eigenvalue weighted by atomic mass is 9.97. The van der Waals surface area contributed by atoms with Crippen LogP contribution in [0.1, 0.15) is 16.7 Å². The Labute approximate surface area is 184 Å². The minimum Gasteiger partial charge on any atom is -0.267 e. The fraction of sp³-hybridized carbons (Fsp3) is 0.0833. The van der Waals surface area contributed by atoms with Crippen LogP contribution in [0.3, 0.4) is 0 Å². The number of thiol groups is 1. The van der Waals surface area contributed by atoms with Crippen LogP contribution in [0.25, 0.3) is 16.8 Å². The summed E-state index contributed by atoms with van der Waals surface area (Å²) in [6.45, 7) is 0. The molecule has 0 fully saturated rings. The second-order valence-electron chi connectivity index (χ2n) is 7.22. The van der Waals surface area contributed by atoms with Crippen LogP contribution in [-0.2, 0) is 22.9 Å². The van der Waals surface area contributed by atoms with Gasteiger partial charge in [0, 0.05) is 17.5 Å². The van der Waals surface area contributed by atoms with Gasteiger partial charge in [0.05, 0.1) is 17.6 Å². The molecule has 4 aromatic rings. The summed E-state index contributed by atoms with van der Waals surface area (Å²) in [5.74, 6) is -0.868. The first-order chi connectivity index (χ1) is 15.4. The van der Waals surface area contributed by atoms with Gasteiger partial charge in [-0.2, -0.15) is 9.78 Å². The van der Waals surface area contributed by atoms with Crippen LogP contribution < -0.4 is 5.56 Å². The molecule has 8 heteroatoms. The summed E-state index contributed by atoms with van der Waals surface area (Å²) in [5.41, 5.74) is 3.11. The summed E-state index contributed by atoms with van der Waals surface area (Å²) in [7, 11) is -2.54. The van der Waals surface area contributed by atoms with E-state index in [-0.39, 0.29) is 23.6 Å². The molecule has 0 saturated heterocycles. The Morgan fingerprint density at radius 3 is 1.94 bits per heavy atom. The van der Waals surface area contributed by atoms with Crippen molar-refractivity contribution in [3.63, 3.8) is 0 Å². The van der Waals surface area contributed by atoms with Crippen molar-refractivity contribution in [3.8, 4) is 16.8 Å². The summed E-state index contributed by atoms with van der Waals surface area (Å²) >= 11 is 0. The van der Waals surface area contributed by atoms with Gasteiger partial charge in [-0.05, 0) is 53.1 Å². The van der Waals surface area contributed by atoms with Gasteiger partial charge >= 0.3 is 0 Å². The fourth-order valence-corrected chi connectivity index (χ4v) is 3.93. The molecule has 0 aliphatic carbocycles. The van der Waals surface area contributed by atoms with Crippen molar-refractivity contribution in [2.24, 2.45) is 0 Å². The lowest BCUT2D eigenvalue weighted by Crippen LogP contribution is -2.25. The highest BCUT2D eigenvalue weighted by molar-refractivity contribution is 7.71. The van der Waals surface area contributed by atoms with E-state index in [1.54, 1.807) is 42.6 Å². The highest BCUT2D eigenvalue weighted by atomic mass is 32.2. The smallest absolute Gasteiger partial charge is 0.267 e. The number of rotatable bonds is 6. The second kappa shape index (κ2) is 9.23. The molecule has 4 rings (SSSR count). The van der Waals surface area contributed by atoms with Gasteiger partial charge in [0.1, 0.15) is 22.3 Å². The Kier molecular flexibility index (Phi) is 6.23. The van der Waals surface area contributed by atoms with Gasteiger partial charge in [0.2, 0.25) is 0 Å². The van der Waals surface area contributed by atoms with E-state index in [1.807, 2.05) is 0 Å². The molecule has 0 aliphatic heterocycles. The third-order valence-corrected chi connectivity index (χ3v) is 5.64. The van der Waals surface area contributed by atoms with Gasteiger partial charge in [-0.25, -0.2) is 17.2 Å². The monoisotopic (exact) mass is 452 g/mol. The van der Waals surface area contributed by atoms with Crippen LogP contribution in [0.4, 0.5) is 8.78 Å². The molecule has 0 atom stereocenters. The van der Waals surface area contributed by atoms with Crippen LogP contribution >= 0.6 is 0 Å². The molecule has 0 amide bonds. The molecule has 0 spiro atoms. The lowest BCUT2D eigenvalue weighted by molar-refractivity contribution is 0.614. The minimum atomic E-state index is -2.54. The third kappa shape index (κ3) is 4.81. The first-order valence-electron chi connectivity index (χ1n) is 9.73.